The minimum atomic E-state index is -0.00407. The van der Waals surface area contributed by atoms with Gasteiger partial charge in [0, 0.05) is 17.9 Å². The van der Waals surface area contributed by atoms with Gasteiger partial charge in [-0.05, 0) is 51.0 Å². The third-order valence-electron chi connectivity index (χ3n) is 3.30. The minimum Gasteiger partial charge on any atom is -0.491 e. The number of hydrogen-bond donors (Lipinski definition) is 0. The van der Waals surface area contributed by atoms with E-state index in [4.69, 9.17) is 21.1 Å². The van der Waals surface area contributed by atoms with Crippen LogP contribution in [-0.4, -0.2) is 24.2 Å². The first-order valence-electron chi connectivity index (χ1n) is 7.04. The van der Waals surface area contributed by atoms with Crippen LogP contribution in [0.3, 0.4) is 0 Å². The van der Waals surface area contributed by atoms with Gasteiger partial charge in [-0.25, -0.2) is 0 Å². The molecule has 1 heterocycles. The zero-order valence-corrected chi connectivity index (χ0v) is 12.9. The second-order valence-corrected chi connectivity index (χ2v) is 5.99. The number of alkyl halides is 1. The van der Waals surface area contributed by atoms with Crippen molar-refractivity contribution in [3.8, 4) is 17.6 Å². The van der Waals surface area contributed by atoms with Crippen LogP contribution in [0.25, 0.3) is 0 Å². The van der Waals surface area contributed by atoms with Crippen LogP contribution in [0.15, 0.2) is 24.3 Å². The molecule has 0 N–H and O–H groups in total. The number of ether oxygens (including phenoxy) is 2. The minimum absolute atomic E-state index is 0.00407. The van der Waals surface area contributed by atoms with Crippen molar-refractivity contribution in [1.82, 2.24) is 0 Å². The van der Waals surface area contributed by atoms with E-state index in [1.54, 1.807) is 0 Å². The fraction of sp³-hybridized carbons (Fsp3) is 0.529. The van der Waals surface area contributed by atoms with E-state index in [2.05, 4.69) is 25.7 Å². The zero-order valence-electron chi connectivity index (χ0n) is 12.1. The van der Waals surface area contributed by atoms with Crippen LogP contribution in [0, 0.1) is 11.8 Å². The molecule has 1 fully saturated rings. The van der Waals surface area contributed by atoms with Crippen molar-refractivity contribution in [2.75, 3.05) is 12.5 Å². The average molecular weight is 293 g/mol. The molecule has 0 spiro atoms. The van der Waals surface area contributed by atoms with Crippen molar-refractivity contribution < 1.29 is 9.47 Å². The standard InChI is InChI=1S/C17H21ClO2/c1-17(2)11-10-16(20-17)13-19-15-8-6-14(7-9-15)5-3-4-12-18/h6-9,16H,4,10-13H2,1-2H3. The monoisotopic (exact) mass is 292 g/mol. The number of rotatable bonds is 4. The Hall–Kier alpha value is -1.17. The van der Waals surface area contributed by atoms with Crippen molar-refractivity contribution in [1.29, 1.82) is 0 Å². The molecule has 108 valence electrons. The molecule has 1 saturated heterocycles. The van der Waals surface area contributed by atoms with Gasteiger partial charge in [0.25, 0.3) is 0 Å². The highest BCUT2D eigenvalue weighted by atomic mass is 35.5. The molecule has 0 amide bonds. The summed E-state index contributed by atoms with van der Waals surface area (Å²) >= 11 is 5.58. The van der Waals surface area contributed by atoms with Gasteiger partial charge in [0.15, 0.2) is 0 Å². The average Bonchev–Trinajstić information content (AvgIpc) is 2.78. The second-order valence-electron chi connectivity index (χ2n) is 5.61. The lowest BCUT2D eigenvalue weighted by molar-refractivity contribution is -0.0326. The first-order valence-corrected chi connectivity index (χ1v) is 7.58. The van der Waals surface area contributed by atoms with E-state index in [1.807, 2.05) is 24.3 Å². The second kappa shape index (κ2) is 7.02. The van der Waals surface area contributed by atoms with E-state index in [1.165, 1.54) is 0 Å². The van der Waals surface area contributed by atoms with E-state index in [0.717, 1.165) is 24.2 Å². The molecule has 0 radical (unpaired) electrons. The molecule has 0 aromatic heterocycles. The Morgan fingerprint density at radius 3 is 2.70 bits per heavy atom. The largest absolute Gasteiger partial charge is 0.491 e. The molecule has 2 nitrogen and oxygen atoms in total. The topological polar surface area (TPSA) is 18.5 Å². The van der Waals surface area contributed by atoms with Crippen molar-refractivity contribution in [2.45, 2.75) is 44.8 Å². The van der Waals surface area contributed by atoms with Gasteiger partial charge in [-0.1, -0.05) is 11.8 Å². The lowest BCUT2D eigenvalue weighted by Gasteiger charge is -2.19. The first-order chi connectivity index (χ1) is 9.59. The maximum atomic E-state index is 5.90. The summed E-state index contributed by atoms with van der Waals surface area (Å²) in [6.45, 7) is 4.86. The molecule has 2 rings (SSSR count). The molecule has 0 aliphatic carbocycles. The summed E-state index contributed by atoms with van der Waals surface area (Å²) in [5.41, 5.74) is 0.983. The van der Waals surface area contributed by atoms with Gasteiger partial charge in [0.1, 0.15) is 12.4 Å². The molecule has 0 saturated carbocycles. The van der Waals surface area contributed by atoms with Gasteiger partial charge < -0.3 is 9.47 Å². The highest BCUT2D eigenvalue weighted by Crippen LogP contribution is 2.29. The molecule has 20 heavy (non-hydrogen) atoms. The Morgan fingerprint density at radius 1 is 1.35 bits per heavy atom. The van der Waals surface area contributed by atoms with Gasteiger partial charge in [-0.15, -0.1) is 11.6 Å². The number of hydrogen-bond acceptors (Lipinski definition) is 2. The van der Waals surface area contributed by atoms with Crippen LogP contribution in [0.4, 0.5) is 0 Å². The van der Waals surface area contributed by atoms with E-state index in [-0.39, 0.29) is 11.7 Å². The molecule has 1 unspecified atom stereocenters. The third kappa shape index (κ3) is 4.74. The van der Waals surface area contributed by atoms with E-state index < -0.39 is 0 Å². The highest BCUT2D eigenvalue weighted by Gasteiger charge is 2.31. The van der Waals surface area contributed by atoms with Gasteiger partial charge >= 0.3 is 0 Å². The molecule has 1 aromatic carbocycles. The van der Waals surface area contributed by atoms with Crippen molar-refractivity contribution in [3.05, 3.63) is 29.8 Å². The Morgan fingerprint density at radius 2 is 2.10 bits per heavy atom. The predicted molar refractivity (Wildman–Crippen MR) is 82.3 cm³/mol. The summed E-state index contributed by atoms with van der Waals surface area (Å²) in [4.78, 5) is 0. The normalized spacial score (nSPS) is 20.2. The summed E-state index contributed by atoms with van der Waals surface area (Å²) in [5, 5.41) is 0. The van der Waals surface area contributed by atoms with Gasteiger partial charge in [-0.2, -0.15) is 0 Å². The molecular weight excluding hydrogens is 272 g/mol. The number of halogens is 1. The summed E-state index contributed by atoms with van der Waals surface area (Å²) in [6, 6.07) is 7.83. The fourth-order valence-corrected chi connectivity index (χ4v) is 2.32. The zero-order chi connectivity index (χ0) is 14.4. The molecule has 1 aliphatic heterocycles. The smallest absolute Gasteiger partial charge is 0.119 e. The Kier molecular flexibility index (Phi) is 5.34. The Labute approximate surface area is 126 Å². The molecule has 1 atom stereocenters. The Balaban J connectivity index is 1.81. The predicted octanol–water partition coefficient (Wildman–Crippen LogP) is 4.00. The van der Waals surface area contributed by atoms with Crippen LogP contribution in [0.1, 0.15) is 38.7 Å². The van der Waals surface area contributed by atoms with Crippen LogP contribution in [0.5, 0.6) is 5.75 Å². The molecule has 3 heteroatoms. The summed E-state index contributed by atoms with van der Waals surface area (Å²) in [7, 11) is 0. The van der Waals surface area contributed by atoms with Gasteiger partial charge in [0.05, 0.1) is 11.7 Å². The maximum Gasteiger partial charge on any atom is 0.119 e. The number of benzene rings is 1. The summed E-state index contributed by atoms with van der Waals surface area (Å²) in [5.74, 6) is 7.52. The lowest BCUT2D eigenvalue weighted by Crippen LogP contribution is -2.23. The van der Waals surface area contributed by atoms with Crippen LogP contribution >= 0.6 is 11.6 Å². The van der Waals surface area contributed by atoms with E-state index in [0.29, 0.717) is 18.9 Å². The molecule has 1 aromatic rings. The molecule has 0 bridgehead atoms. The van der Waals surface area contributed by atoms with E-state index >= 15 is 0 Å². The first kappa shape index (κ1) is 15.2. The highest BCUT2D eigenvalue weighted by molar-refractivity contribution is 6.18. The van der Waals surface area contributed by atoms with Gasteiger partial charge in [0.2, 0.25) is 0 Å². The molecular formula is C17H21ClO2. The van der Waals surface area contributed by atoms with Gasteiger partial charge in [-0.3, -0.25) is 0 Å². The molecule has 1 aliphatic rings. The van der Waals surface area contributed by atoms with Crippen LogP contribution in [-0.2, 0) is 4.74 Å². The van der Waals surface area contributed by atoms with Crippen LogP contribution in [0.2, 0.25) is 0 Å². The van der Waals surface area contributed by atoms with Crippen molar-refractivity contribution >= 4 is 11.6 Å². The van der Waals surface area contributed by atoms with Crippen molar-refractivity contribution in [3.63, 3.8) is 0 Å². The lowest BCUT2D eigenvalue weighted by atomic mass is 10.1. The Bertz CT molecular complexity index is 482. The third-order valence-corrected chi connectivity index (χ3v) is 3.49. The quantitative estimate of drug-likeness (QED) is 0.617. The van der Waals surface area contributed by atoms with Crippen LogP contribution < -0.4 is 4.74 Å². The van der Waals surface area contributed by atoms with E-state index in [9.17, 15) is 0 Å². The summed E-state index contributed by atoms with van der Waals surface area (Å²) in [6.07, 6.45) is 3.08. The fourth-order valence-electron chi connectivity index (χ4n) is 2.23. The SMILES string of the molecule is CC1(C)CCC(COc2ccc(C#CCCCl)cc2)O1. The van der Waals surface area contributed by atoms with Crippen molar-refractivity contribution in [2.24, 2.45) is 0 Å². The summed E-state index contributed by atoms with van der Waals surface area (Å²) < 4.78 is 11.7. The maximum absolute atomic E-state index is 5.90.